The van der Waals surface area contributed by atoms with Gasteiger partial charge >= 0.3 is 6.09 Å². The molecule has 142 valence electrons. The van der Waals surface area contributed by atoms with E-state index in [1.54, 1.807) is 20.8 Å². The van der Waals surface area contributed by atoms with Gasteiger partial charge < -0.3 is 25.5 Å². The molecule has 0 unspecified atom stereocenters. The van der Waals surface area contributed by atoms with Crippen LogP contribution in [0.4, 0.5) is 4.79 Å². The molecule has 3 amide bonds. The van der Waals surface area contributed by atoms with E-state index in [-0.39, 0.29) is 6.54 Å². The molecule has 9 heteroatoms. The summed E-state index contributed by atoms with van der Waals surface area (Å²) in [6.45, 7) is 6.93. The van der Waals surface area contributed by atoms with E-state index in [1.807, 2.05) is 0 Å². The van der Waals surface area contributed by atoms with E-state index in [2.05, 4.69) is 15.6 Å². The molecule has 0 saturated carbocycles. The van der Waals surface area contributed by atoms with Crippen molar-refractivity contribution in [3.05, 3.63) is 0 Å². The summed E-state index contributed by atoms with van der Waals surface area (Å²) < 4.78 is 5.30. The first-order valence-corrected chi connectivity index (χ1v) is 8.25. The molecule has 9 nitrogen and oxygen atoms in total. The number of likely N-dealkylation sites (tertiary alicyclic amines) is 1. The topological polar surface area (TPSA) is 123 Å². The van der Waals surface area contributed by atoms with E-state index in [4.69, 9.17) is 4.74 Å². The maximum atomic E-state index is 12.3. The maximum Gasteiger partial charge on any atom is 0.410 e. The minimum absolute atomic E-state index is 0.279. The van der Waals surface area contributed by atoms with Gasteiger partial charge in [0.25, 0.3) is 0 Å². The number of carbonyl (C=O) groups is 3. The Labute approximate surface area is 147 Å². The molecular formula is C16H27N4O5-. The van der Waals surface area contributed by atoms with Crippen molar-refractivity contribution < 1.29 is 24.2 Å². The average molecular weight is 355 g/mol. The fourth-order valence-corrected chi connectivity index (χ4v) is 2.41. The first-order valence-electron chi connectivity index (χ1n) is 8.25. The lowest BCUT2D eigenvalue weighted by Crippen LogP contribution is -2.51. The van der Waals surface area contributed by atoms with Crippen LogP contribution in [-0.2, 0) is 14.3 Å². The number of carbonyl (C=O) groups excluding carboxylic acids is 3. The summed E-state index contributed by atoms with van der Waals surface area (Å²) in [5.41, 5.74) is -0.645. The molecule has 0 aliphatic carbocycles. The number of amides is 3. The minimum atomic E-state index is -0.751. The van der Waals surface area contributed by atoms with Crippen molar-refractivity contribution >= 4 is 23.8 Å². The van der Waals surface area contributed by atoms with E-state index >= 15 is 0 Å². The Morgan fingerprint density at radius 1 is 1.36 bits per heavy atom. The van der Waals surface area contributed by atoms with Crippen LogP contribution in [0, 0.1) is 0 Å². The molecule has 25 heavy (non-hydrogen) atoms. The van der Waals surface area contributed by atoms with Gasteiger partial charge in [0, 0.05) is 13.6 Å². The Morgan fingerprint density at radius 3 is 2.56 bits per heavy atom. The average Bonchev–Trinajstić information content (AvgIpc) is 2.99. The predicted molar refractivity (Wildman–Crippen MR) is 89.9 cm³/mol. The minimum Gasteiger partial charge on any atom is -0.861 e. The molecule has 1 heterocycles. The monoisotopic (exact) mass is 355 g/mol. The highest BCUT2D eigenvalue weighted by atomic mass is 16.6. The van der Waals surface area contributed by atoms with Gasteiger partial charge in [0.1, 0.15) is 11.6 Å². The van der Waals surface area contributed by atoms with Crippen molar-refractivity contribution in [2.75, 3.05) is 20.1 Å². The molecule has 1 aliphatic heterocycles. The van der Waals surface area contributed by atoms with Gasteiger partial charge in [-0.1, -0.05) is 0 Å². The highest BCUT2D eigenvalue weighted by molar-refractivity contribution is 5.91. The van der Waals surface area contributed by atoms with Gasteiger partial charge in [-0.25, -0.2) is 4.79 Å². The van der Waals surface area contributed by atoms with E-state index < -0.39 is 41.5 Å². The molecular weight excluding hydrogens is 328 g/mol. The van der Waals surface area contributed by atoms with Crippen LogP contribution in [0.5, 0.6) is 0 Å². The molecule has 1 saturated heterocycles. The van der Waals surface area contributed by atoms with Gasteiger partial charge in [-0.15, -0.1) is 0 Å². The summed E-state index contributed by atoms with van der Waals surface area (Å²) in [7, 11) is 1.35. The Hall–Kier alpha value is -2.32. The largest absolute Gasteiger partial charge is 0.861 e. The number of hydrogen-bond donors (Lipinski definition) is 2. The van der Waals surface area contributed by atoms with Crippen molar-refractivity contribution in [1.82, 2.24) is 15.5 Å². The third-order valence-electron chi connectivity index (χ3n) is 3.57. The normalized spacial score (nSPS) is 19.3. The molecule has 0 aromatic rings. The highest BCUT2D eigenvalue weighted by Gasteiger charge is 2.36. The lowest BCUT2D eigenvalue weighted by molar-refractivity contribution is -0.221. The van der Waals surface area contributed by atoms with Gasteiger partial charge in [-0.3, -0.25) is 14.5 Å². The number of nitrogens with zero attached hydrogens (tertiary/aromatic N) is 2. The van der Waals surface area contributed by atoms with Gasteiger partial charge in [0.15, 0.2) is 0 Å². The fraction of sp³-hybridized carbons (Fsp3) is 0.750. The van der Waals surface area contributed by atoms with E-state index in [9.17, 15) is 19.5 Å². The molecule has 0 aromatic heterocycles. The summed E-state index contributed by atoms with van der Waals surface area (Å²) in [5, 5.41) is 16.2. The summed E-state index contributed by atoms with van der Waals surface area (Å²) >= 11 is 0. The van der Waals surface area contributed by atoms with Crippen LogP contribution in [0.15, 0.2) is 4.99 Å². The number of aliphatic imine (C=N–C) groups is 1. The molecule has 1 aliphatic rings. The second-order valence-electron chi connectivity index (χ2n) is 6.90. The summed E-state index contributed by atoms with van der Waals surface area (Å²) in [4.78, 5) is 41.1. The molecule has 1 rings (SSSR count). The SMILES string of the molecule is CN=C([O-])[C@H](C)NC(=O)CNC(=O)[C@@H]1CCCN1C(=O)OC(C)(C)C. The zero-order valence-electron chi connectivity index (χ0n) is 15.4. The Bertz CT molecular complexity index is 541. The first kappa shape index (κ1) is 20.7. The zero-order valence-corrected chi connectivity index (χ0v) is 15.4. The molecule has 2 atom stereocenters. The highest BCUT2D eigenvalue weighted by Crippen LogP contribution is 2.20. The van der Waals surface area contributed by atoms with Gasteiger partial charge in [0.2, 0.25) is 11.8 Å². The Morgan fingerprint density at radius 2 is 2.00 bits per heavy atom. The van der Waals surface area contributed by atoms with Crippen molar-refractivity contribution in [3.8, 4) is 0 Å². The smallest absolute Gasteiger partial charge is 0.410 e. The third-order valence-corrected chi connectivity index (χ3v) is 3.57. The zero-order chi connectivity index (χ0) is 19.2. The third kappa shape index (κ3) is 6.60. The second-order valence-corrected chi connectivity index (χ2v) is 6.90. The predicted octanol–water partition coefficient (Wildman–Crippen LogP) is -0.605. The van der Waals surface area contributed by atoms with Crippen LogP contribution in [0.2, 0.25) is 0 Å². The molecule has 2 N–H and O–H groups in total. The number of hydrogen-bond acceptors (Lipinski definition) is 6. The van der Waals surface area contributed by atoms with E-state index in [0.29, 0.717) is 19.4 Å². The van der Waals surface area contributed by atoms with Crippen molar-refractivity contribution in [2.24, 2.45) is 4.99 Å². The quantitative estimate of drug-likeness (QED) is 0.503. The second kappa shape index (κ2) is 8.68. The van der Waals surface area contributed by atoms with Gasteiger partial charge in [-0.05, 0) is 46.4 Å². The summed E-state index contributed by atoms with van der Waals surface area (Å²) in [5.74, 6) is -1.37. The van der Waals surface area contributed by atoms with E-state index in [1.165, 1.54) is 18.9 Å². The first-order chi connectivity index (χ1) is 11.5. The number of ether oxygens (including phenoxy) is 1. The number of nitrogens with one attached hydrogen (secondary N) is 2. The van der Waals surface area contributed by atoms with Crippen molar-refractivity contribution in [1.29, 1.82) is 0 Å². The lowest BCUT2D eigenvalue weighted by atomic mass is 10.2. The molecule has 0 spiro atoms. The Kier molecular flexibility index (Phi) is 7.20. The molecule has 1 fully saturated rings. The van der Waals surface area contributed by atoms with Crippen LogP contribution < -0.4 is 15.7 Å². The van der Waals surface area contributed by atoms with Gasteiger partial charge in [-0.2, -0.15) is 0 Å². The van der Waals surface area contributed by atoms with Crippen LogP contribution in [0.25, 0.3) is 0 Å². The standard InChI is InChI=1S/C16H28N4O5/c1-10(13(22)17-5)19-12(21)9-18-14(23)11-7-6-8-20(11)15(24)25-16(2,3)4/h10-11H,6-9H2,1-5H3,(H,17,22)(H,18,23)(H,19,21)/p-1/t10-,11-/m0/s1. The van der Waals surface area contributed by atoms with Crippen molar-refractivity contribution in [3.63, 3.8) is 0 Å². The lowest BCUT2D eigenvalue weighted by Gasteiger charge is -2.28. The van der Waals surface area contributed by atoms with Crippen LogP contribution in [-0.4, -0.2) is 66.5 Å². The number of rotatable bonds is 5. The molecule has 0 aromatic carbocycles. The Balaban J connectivity index is 2.53. The molecule has 0 bridgehead atoms. The van der Waals surface area contributed by atoms with Crippen molar-refractivity contribution in [2.45, 2.75) is 58.2 Å². The maximum absolute atomic E-state index is 12.3. The van der Waals surface area contributed by atoms with Crippen LogP contribution in [0.3, 0.4) is 0 Å². The van der Waals surface area contributed by atoms with Gasteiger partial charge in [0.05, 0.1) is 12.6 Å². The van der Waals surface area contributed by atoms with Crippen LogP contribution in [0.1, 0.15) is 40.5 Å². The summed E-state index contributed by atoms with van der Waals surface area (Å²) in [6, 6.07) is -1.41. The fourth-order valence-electron chi connectivity index (χ4n) is 2.41. The van der Waals surface area contributed by atoms with E-state index in [0.717, 1.165) is 0 Å². The molecule has 0 radical (unpaired) electrons. The van der Waals surface area contributed by atoms with Crippen LogP contribution >= 0.6 is 0 Å². The summed E-state index contributed by atoms with van der Waals surface area (Å²) in [6.07, 6.45) is 0.655.